The average molecular weight is 463 g/mol. The van der Waals surface area contributed by atoms with Crippen molar-refractivity contribution in [1.82, 2.24) is 0 Å². The van der Waals surface area contributed by atoms with E-state index < -0.39 is 5.97 Å². The highest BCUT2D eigenvalue weighted by molar-refractivity contribution is 9.10. The normalized spacial score (nSPS) is 15.1. The number of esters is 1. The van der Waals surface area contributed by atoms with Crippen LogP contribution in [-0.2, 0) is 9.53 Å². The van der Waals surface area contributed by atoms with E-state index >= 15 is 0 Å². The SMILES string of the molecule is O=C1OC(c2ccc(Cl)cc2Cl)=NC1=Cc1ccc(-c2ccc(Br)cc2)o1. The Kier molecular flexibility index (Phi) is 4.91. The lowest BCUT2D eigenvalue weighted by Crippen LogP contribution is -2.05. The van der Waals surface area contributed by atoms with Gasteiger partial charge in [0.05, 0.1) is 10.6 Å². The summed E-state index contributed by atoms with van der Waals surface area (Å²) in [7, 11) is 0. The van der Waals surface area contributed by atoms with E-state index in [-0.39, 0.29) is 11.6 Å². The van der Waals surface area contributed by atoms with Crippen LogP contribution in [0.2, 0.25) is 10.0 Å². The number of nitrogens with zero attached hydrogens (tertiary/aromatic N) is 1. The number of carbonyl (C=O) groups is 1. The molecule has 0 aliphatic carbocycles. The van der Waals surface area contributed by atoms with Gasteiger partial charge in [0.1, 0.15) is 11.5 Å². The van der Waals surface area contributed by atoms with Gasteiger partial charge in [-0.3, -0.25) is 0 Å². The van der Waals surface area contributed by atoms with Gasteiger partial charge in [-0.05, 0) is 42.5 Å². The van der Waals surface area contributed by atoms with Crippen LogP contribution in [0.4, 0.5) is 0 Å². The third-order valence-corrected chi connectivity index (χ3v) is 4.89. The predicted molar refractivity (Wildman–Crippen MR) is 109 cm³/mol. The van der Waals surface area contributed by atoms with Crippen LogP contribution >= 0.6 is 39.1 Å². The molecule has 0 atom stereocenters. The molecule has 0 fully saturated rings. The summed E-state index contributed by atoms with van der Waals surface area (Å²) in [4.78, 5) is 16.4. The molecule has 27 heavy (non-hydrogen) atoms. The Bertz CT molecular complexity index is 1100. The van der Waals surface area contributed by atoms with Gasteiger partial charge < -0.3 is 9.15 Å². The monoisotopic (exact) mass is 461 g/mol. The van der Waals surface area contributed by atoms with Crippen molar-refractivity contribution >= 4 is 57.1 Å². The van der Waals surface area contributed by atoms with Gasteiger partial charge in [0.15, 0.2) is 5.70 Å². The molecule has 7 heteroatoms. The first-order valence-electron chi connectivity index (χ1n) is 7.83. The molecule has 4 rings (SSSR count). The molecule has 0 unspecified atom stereocenters. The summed E-state index contributed by atoms with van der Waals surface area (Å²) in [5.41, 5.74) is 1.55. The number of rotatable bonds is 3. The molecule has 1 aliphatic heterocycles. The Morgan fingerprint density at radius 1 is 1.00 bits per heavy atom. The molecule has 134 valence electrons. The standard InChI is InChI=1S/C20H10BrCl2NO3/c21-12-3-1-11(2-4-12)18-8-6-14(26-18)10-17-20(25)27-19(24-17)15-7-5-13(22)9-16(15)23/h1-10H. The molecule has 0 saturated carbocycles. The topological polar surface area (TPSA) is 51.8 Å². The second kappa shape index (κ2) is 7.35. The Morgan fingerprint density at radius 3 is 2.52 bits per heavy atom. The molecule has 0 amide bonds. The van der Waals surface area contributed by atoms with Gasteiger partial charge in [0.2, 0.25) is 5.90 Å². The second-order valence-electron chi connectivity index (χ2n) is 5.67. The summed E-state index contributed by atoms with van der Waals surface area (Å²) in [6.07, 6.45) is 1.53. The summed E-state index contributed by atoms with van der Waals surface area (Å²) >= 11 is 15.4. The minimum absolute atomic E-state index is 0.132. The number of benzene rings is 2. The third-order valence-electron chi connectivity index (χ3n) is 3.82. The molecule has 0 spiro atoms. The molecule has 0 radical (unpaired) electrons. The zero-order valence-electron chi connectivity index (χ0n) is 13.6. The Hall–Kier alpha value is -2.34. The maximum absolute atomic E-state index is 12.1. The highest BCUT2D eigenvalue weighted by atomic mass is 79.9. The minimum atomic E-state index is -0.572. The predicted octanol–water partition coefficient (Wildman–Crippen LogP) is 6.36. The molecular weight excluding hydrogens is 453 g/mol. The van der Waals surface area contributed by atoms with Gasteiger partial charge >= 0.3 is 5.97 Å². The van der Waals surface area contributed by atoms with Crippen LogP contribution in [0.3, 0.4) is 0 Å². The molecule has 0 N–H and O–H groups in total. The summed E-state index contributed by atoms with van der Waals surface area (Å²) in [6.45, 7) is 0. The molecule has 0 bridgehead atoms. The molecule has 2 aromatic carbocycles. The zero-order valence-corrected chi connectivity index (χ0v) is 16.7. The highest BCUT2D eigenvalue weighted by Crippen LogP contribution is 2.28. The number of hydrogen-bond donors (Lipinski definition) is 0. The van der Waals surface area contributed by atoms with E-state index in [9.17, 15) is 4.79 Å². The van der Waals surface area contributed by atoms with Crippen molar-refractivity contribution in [1.29, 1.82) is 0 Å². The van der Waals surface area contributed by atoms with Gasteiger partial charge in [-0.25, -0.2) is 9.79 Å². The van der Waals surface area contributed by atoms with E-state index in [0.29, 0.717) is 27.1 Å². The zero-order chi connectivity index (χ0) is 19.0. The van der Waals surface area contributed by atoms with Gasteiger partial charge in [0, 0.05) is 21.1 Å². The van der Waals surface area contributed by atoms with E-state index in [4.69, 9.17) is 32.4 Å². The van der Waals surface area contributed by atoms with Gasteiger partial charge in [-0.15, -0.1) is 0 Å². The molecule has 1 aliphatic rings. The van der Waals surface area contributed by atoms with Crippen LogP contribution in [0.5, 0.6) is 0 Å². The van der Waals surface area contributed by atoms with Crippen molar-refractivity contribution in [2.24, 2.45) is 4.99 Å². The number of cyclic esters (lactones) is 1. The van der Waals surface area contributed by atoms with Gasteiger partial charge in [-0.2, -0.15) is 0 Å². The van der Waals surface area contributed by atoms with Crippen molar-refractivity contribution in [3.05, 3.63) is 86.1 Å². The van der Waals surface area contributed by atoms with Crippen molar-refractivity contribution in [2.75, 3.05) is 0 Å². The van der Waals surface area contributed by atoms with Crippen molar-refractivity contribution in [3.8, 4) is 11.3 Å². The quantitative estimate of drug-likeness (QED) is 0.336. The summed E-state index contributed by atoms with van der Waals surface area (Å²) in [5, 5.41) is 0.839. The third kappa shape index (κ3) is 3.86. The first kappa shape index (κ1) is 18.0. The molecule has 2 heterocycles. The average Bonchev–Trinajstić information content (AvgIpc) is 3.23. The first-order valence-corrected chi connectivity index (χ1v) is 9.38. The second-order valence-corrected chi connectivity index (χ2v) is 7.43. The maximum atomic E-state index is 12.1. The summed E-state index contributed by atoms with van der Waals surface area (Å²) in [6, 6.07) is 16.2. The van der Waals surface area contributed by atoms with Crippen LogP contribution < -0.4 is 0 Å². The number of furan rings is 1. The highest BCUT2D eigenvalue weighted by Gasteiger charge is 2.26. The summed E-state index contributed by atoms with van der Waals surface area (Å²) in [5.74, 6) is 0.739. The van der Waals surface area contributed by atoms with Gasteiger partial charge in [-0.1, -0.05) is 51.3 Å². The number of aliphatic imine (C=N–C) groups is 1. The van der Waals surface area contributed by atoms with E-state index in [0.717, 1.165) is 10.0 Å². The first-order chi connectivity index (χ1) is 13.0. The van der Waals surface area contributed by atoms with E-state index in [2.05, 4.69) is 20.9 Å². The molecule has 3 aromatic rings. The molecular formula is C20H10BrCl2NO3. The maximum Gasteiger partial charge on any atom is 0.363 e. The number of ether oxygens (including phenoxy) is 1. The Labute approximate surface area is 173 Å². The van der Waals surface area contributed by atoms with Crippen LogP contribution in [-0.4, -0.2) is 11.9 Å². The fraction of sp³-hybridized carbons (Fsp3) is 0. The van der Waals surface area contributed by atoms with E-state index in [1.54, 1.807) is 24.3 Å². The van der Waals surface area contributed by atoms with Crippen molar-refractivity contribution < 1.29 is 13.9 Å². The lowest BCUT2D eigenvalue weighted by atomic mass is 10.2. The minimum Gasteiger partial charge on any atom is -0.457 e. The van der Waals surface area contributed by atoms with Gasteiger partial charge in [0.25, 0.3) is 0 Å². The van der Waals surface area contributed by atoms with E-state index in [1.165, 1.54) is 6.08 Å². The van der Waals surface area contributed by atoms with Crippen LogP contribution in [0.25, 0.3) is 17.4 Å². The number of halogens is 3. The number of hydrogen-bond acceptors (Lipinski definition) is 4. The fourth-order valence-electron chi connectivity index (χ4n) is 2.52. The Balaban J connectivity index is 1.63. The van der Waals surface area contributed by atoms with Crippen LogP contribution in [0, 0.1) is 0 Å². The smallest absolute Gasteiger partial charge is 0.363 e. The lowest BCUT2D eigenvalue weighted by Gasteiger charge is -2.02. The molecule has 0 saturated heterocycles. The van der Waals surface area contributed by atoms with E-state index in [1.807, 2.05) is 30.3 Å². The molecule has 1 aromatic heterocycles. The number of carbonyl (C=O) groups excluding carboxylic acids is 1. The van der Waals surface area contributed by atoms with Crippen LogP contribution in [0.1, 0.15) is 11.3 Å². The van der Waals surface area contributed by atoms with Crippen molar-refractivity contribution in [3.63, 3.8) is 0 Å². The molecule has 4 nitrogen and oxygen atoms in total. The van der Waals surface area contributed by atoms with Crippen LogP contribution in [0.15, 0.2) is 74.2 Å². The largest absolute Gasteiger partial charge is 0.457 e. The summed E-state index contributed by atoms with van der Waals surface area (Å²) < 4.78 is 12.0. The Morgan fingerprint density at radius 2 is 1.78 bits per heavy atom. The lowest BCUT2D eigenvalue weighted by molar-refractivity contribution is -0.129. The fourth-order valence-corrected chi connectivity index (χ4v) is 3.28. The van der Waals surface area contributed by atoms with Crippen molar-refractivity contribution in [2.45, 2.75) is 0 Å².